The molecule has 0 unspecified atom stereocenters. The van der Waals surface area contributed by atoms with Gasteiger partial charge in [-0.25, -0.2) is 4.68 Å². The molecule has 2 heterocycles. The number of hydrogen-bond donors (Lipinski definition) is 0. The van der Waals surface area contributed by atoms with Crippen LogP contribution in [0.5, 0.6) is 0 Å². The highest BCUT2D eigenvalue weighted by Crippen LogP contribution is 2.21. The van der Waals surface area contributed by atoms with Crippen LogP contribution in [0.25, 0.3) is 0 Å². The third kappa shape index (κ3) is 1.65. The van der Waals surface area contributed by atoms with E-state index in [-0.39, 0.29) is 5.60 Å². The molecular weight excluding hydrogens is 164 g/mol. The van der Waals surface area contributed by atoms with Crippen molar-refractivity contribution in [3.63, 3.8) is 0 Å². The lowest BCUT2D eigenvalue weighted by molar-refractivity contribution is 0.0678. The van der Waals surface area contributed by atoms with Crippen LogP contribution in [-0.4, -0.2) is 22.6 Å². The summed E-state index contributed by atoms with van der Waals surface area (Å²) in [6.45, 7) is 4.90. The maximum atomic E-state index is 5.56. The molecule has 0 aliphatic carbocycles. The standard InChI is InChI=1S/C10H14N2O/c1-10(2)9(5-8-13-10)11-12-6-3-4-7-12/h3-4,6-7H,5,8H2,1-2H3/b11-9+. The summed E-state index contributed by atoms with van der Waals surface area (Å²) in [5.74, 6) is 0. The summed E-state index contributed by atoms with van der Waals surface area (Å²) in [6.07, 6.45) is 4.80. The summed E-state index contributed by atoms with van der Waals surface area (Å²) >= 11 is 0. The Morgan fingerprint density at radius 2 is 2.08 bits per heavy atom. The first-order chi connectivity index (χ1) is 6.18. The average molecular weight is 178 g/mol. The van der Waals surface area contributed by atoms with E-state index in [1.807, 2.05) is 29.2 Å². The number of hydrogen-bond acceptors (Lipinski definition) is 2. The monoisotopic (exact) mass is 178 g/mol. The zero-order valence-electron chi connectivity index (χ0n) is 8.03. The molecule has 1 aromatic rings. The molecule has 1 aromatic heterocycles. The van der Waals surface area contributed by atoms with Gasteiger partial charge in [-0.1, -0.05) is 0 Å². The molecule has 2 rings (SSSR count). The number of aromatic nitrogens is 1. The second kappa shape index (κ2) is 3.00. The second-order valence-electron chi connectivity index (χ2n) is 3.72. The van der Waals surface area contributed by atoms with Crippen molar-refractivity contribution in [1.29, 1.82) is 0 Å². The molecule has 0 atom stereocenters. The van der Waals surface area contributed by atoms with Crippen molar-refractivity contribution in [3.8, 4) is 0 Å². The Hall–Kier alpha value is -1.09. The summed E-state index contributed by atoms with van der Waals surface area (Å²) in [6, 6.07) is 3.93. The van der Waals surface area contributed by atoms with E-state index < -0.39 is 0 Å². The van der Waals surface area contributed by atoms with Gasteiger partial charge in [0.15, 0.2) is 0 Å². The summed E-state index contributed by atoms with van der Waals surface area (Å²) in [5, 5.41) is 4.48. The minimum Gasteiger partial charge on any atom is -0.369 e. The SMILES string of the molecule is CC1(C)OCC/C1=N\n1cccc1. The van der Waals surface area contributed by atoms with Gasteiger partial charge in [-0.2, -0.15) is 5.10 Å². The maximum absolute atomic E-state index is 5.56. The van der Waals surface area contributed by atoms with Crippen molar-refractivity contribution in [2.24, 2.45) is 5.10 Å². The largest absolute Gasteiger partial charge is 0.369 e. The Labute approximate surface area is 78.0 Å². The quantitative estimate of drug-likeness (QED) is 0.645. The van der Waals surface area contributed by atoms with Gasteiger partial charge in [-0.3, -0.25) is 0 Å². The Morgan fingerprint density at radius 1 is 1.38 bits per heavy atom. The van der Waals surface area contributed by atoms with Gasteiger partial charge >= 0.3 is 0 Å². The van der Waals surface area contributed by atoms with Gasteiger partial charge in [-0.15, -0.1) is 0 Å². The molecule has 1 aliphatic heterocycles. The van der Waals surface area contributed by atoms with Crippen LogP contribution in [0.4, 0.5) is 0 Å². The fourth-order valence-corrected chi connectivity index (χ4v) is 1.49. The summed E-state index contributed by atoms with van der Waals surface area (Å²) in [5.41, 5.74) is 0.924. The van der Waals surface area contributed by atoms with E-state index in [0.29, 0.717) is 0 Å². The second-order valence-corrected chi connectivity index (χ2v) is 3.72. The van der Waals surface area contributed by atoms with Crippen LogP contribution in [0, 0.1) is 0 Å². The van der Waals surface area contributed by atoms with Gasteiger partial charge in [0, 0.05) is 18.8 Å². The minimum atomic E-state index is -0.190. The van der Waals surface area contributed by atoms with Crippen molar-refractivity contribution in [1.82, 2.24) is 4.68 Å². The molecule has 0 N–H and O–H groups in total. The molecule has 0 spiro atoms. The van der Waals surface area contributed by atoms with E-state index in [2.05, 4.69) is 18.9 Å². The number of ether oxygens (including phenoxy) is 1. The van der Waals surface area contributed by atoms with E-state index in [1.54, 1.807) is 0 Å². The maximum Gasteiger partial charge on any atom is 0.102 e. The van der Waals surface area contributed by atoms with Crippen LogP contribution in [-0.2, 0) is 4.74 Å². The third-order valence-corrected chi connectivity index (χ3v) is 2.32. The fourth-order valence-electron chi connectivity index (χ4n) is 1.49. The molecule has 3 nitrogen and oxygen atoms in total. The molecule has 1 saturated heterocycles. The third-order valence-electron chi connectivity index (χ3n) is 2.32. The molecule has 0 bridgehead atoms. The lowest BCUT2D eigenvalue weighted by Crippen LogP contribution is -2.27. The minimum absolute atomic E-state index is 0.190. The van der Waals surface area contributed by atoms with Gasteiger partial charge in [0.25, 0.3) is 0 Å². The summed E-state index contributed by atoms with van der Waals surface area (Å²) < 4.78 is 7.38. The summed E-state index contributed by atoms with van der Waals surface area (Å²) in [4.78, 5) is 0. The number of nitrogens with zero attached hydrogens (tertiary/aromatic N) is 2. The predicted octanol–water partition coefficient (Wildman–Crippen LogP) is 1.89. The Bertz CT molecular complexity index is 312. The average Bonchev–Trinajstić information content (AvgIpc) is 2.63. The van der Waals surface area contributed by atoms with Crippen molar-refractivity contribution in [2.45, 2.75) is 25.9 Å². The molecule has 13 heavy (non-hydrogen) atoms. The van der Waals surface area contributed by atoms with Crippen molar-refractivity contribution in [3.05, 3.63) is 24.5 Å². The zero-order chi connectivity index (χ0) is 9.31. The lowest BCUT2D eigenvalue weighted by Gasteiger charge is -2.17. The fraction of sp³-hybridized carbons (Fsp3) is 0.500. The van der Waals surface area contributed by atoms with E-state index in [4.69, 9.17) is 4.74 Å². The Morgan fingerprint density at radius 3 is 2.62 bits per heavy atom. The Balaban J connectivity index is 2.26. The van der Waals surface area contributed by atoms with Gasteiger partial charge in [0.1, 0.15) is 5.60 Å². The highest BCUT2D eigenvalue weighted by Gasteiger charge is 2.31. The normalized spacial score (nSPS) is 24.0. The molecule has 1 fully saturated rings. The smallest absolute Gasteiger partial charge is 0.102 e. The Kier molecular flexibility index (Phi) is 1.96. The molecule has 1 aliphatic rings. The van der Waals surface area contributed by atoms with Gasteiger partial charge in [0.2, 0.25) is 0 Å². The zero-order valence-corrected chi connectivity index (χ0v) is 8.03. The molecule has 0 saturated carbocycles. The van der Waals surface area contributed by atoms with Crippen LogP contribution in [0.3, 0.4) is 0 Å². The first kappa shape index (κ1) is 8.51. The van der Waals surface area contributed by atoms with Crippen molar-refractivity contribution in [2.75, 3.05) is 6.61 Å². The van der Waals surface area contributed by atoms with E-state index in [0.717, 1.165) is 18.7 Å². The first-order valence-corrected chi connectivity index (χ1v) is 4.54. The number of rotatable bonds is 1. The van der Waals surface area contributed by atoms with Crippen LogP contribution >= 0.6 is 0 Å². The first-order valence-electron chi connectivity index (χ1n) is 4.54. The molecule has 70 valence electrons. The molecule has 0 aromatic carbocycles. The molecular formula is C10H14N2O. The highest BCUT2D eigenvalue weighted by molar-refractivity contribution is 5.93. The molecule has 0 amide bonds. The van der Waals surface area contributed by atoms with Crippen molar-refractivity contribution < 1.29 is 4.74 Å². The molecule has 3 heteroatoms. The van der Waals surface area contributed by atoms with Crippen molar-refractivity contribution >= 4 is 5.71 Å². The van der Waals surface area contributed by atoms with E-state index >= 15 is 0 Å². The van der Waals surface area contributed by atoms with Gasteiger partial charge in [-0.05, 0) is 26.0 Å². The van der Waals surface area contributed by atoms with Gasteiger partial charge < -0.3 is 4.74 Å². The topological polar surface area (TPSA) is 26.5 Å². The van der Waals surface area contributed by atoms with E-state index in [9.17, 15) is 0 Å². The van der Waals surface area contributed by atoms with Crippen LogP contribution in [0.15, 0.2) is 29.6 Å². The van der Waals surface area contributed by atoms with E-state index in [1.165, 1.54) is 0 Å². The predicted molar refractivity (Wildman–Crippen MR) is 51.9 cm³/mol. The molecule has 0 radical (unpaired) electrons. The van der Waals surface area contributed by atoms with Crippen LogP contribution < -0.4 is 0 Å². The highest BCUT2D eigenvalue weighted by atomic mass is 16.5. The van der Waals surface area contributed by atoms with Crippen LogP contribution in [0.2, 0.25) is 0 Å². The summed E-state index contributed by atoms with van der Waals surface area (Å²) in [7, 11) is 0. The van der Waals surface area contributed by atoms with Crippen LogP contribution in [0.1, 0.15) is 20.3 Å². The lowest BCUT2D eigenvalue weighted by atomic mass is 10.0. The van der Waals surface area contributed by atoms with Gasteiger partial charge in [0.05, 0.1) is 12.3 Å².